The smallest absolute Gasteiger partial charge is 0.265 e. The molecule has 1 rings (SSSR count). The van der Waals surface area contributed by atoms with Crippen LogP contribution in [0.5, 0.6) is 5.88 Å². The second-order valence-corrected chi connectivity index (χ2v) is 2.27. The molecule has 0 spiro atoms. The molecule has 0 radical (unpaired) electrons. The standard InChI is InChI=1S/C7H5N3OS/c1-2-3-4-11-7-6(5-8)9-12-10-7/h4H2,1H3. The molecule has 1 aromatic heterocycles. The molecule has 0 bridgehead atoms. The van der Waals surface area contributed by atoms with Gasteiger partial charge in [0.1, 0.15) is 6.07 Å². The number of nitrogens with zero attached hydrogens (tertiary/aromatic N) is 3. The molecule has 1 heterocycles. The fourth-order valence-corrected chi connectivity index (χ4v) is 0.975. The Hall–Kier alpha value is -1.59. The van der Waals surface area contributed by atoms with Crippen LogP contribution in [0.2, 0.25) is 0 Å². The van der Waals surface area contributed by atoms with Gasteiger partial charge in [0.15, 0.2) is 6.61 Å². The van der Waals surface area contributed by atoms with E-state index in [1.54, 1.807) is 6.92 Å². The van der Waals surface area contributed by atoms with Crippen LogP contribution < -0.4 is 4.74 Å². The molecule has 0 atom stereocenters. The molecule has 0 unspecified atom stereocenters. The second-order valence-electron chi connectivity index (χ2n) is 1.75. The number of hydrogen-bond donors (Lipinski definition) is 0. The fraction of sp³-hybridized carbons (Fsp3) is 0.286. The maximum absolute atomic E-state index is 8.50. The quantitative estimate of drug-likeness (QED) is 0.630. The van der Waals surface area contributed by atoms with E-state index in [2.05, 4.69) is 20.6 Å². The lowest BCUT2D eigenvalue weighted by Crippen LogP contribution is -1.95. The Morgan fingerprint density at radius 1 is 1.58 bits per heavy atom. The first-order chi connectivity index (χ1) is 5.88. The zero-order valence-electron chi connectivity index (χ0n) is 6.37. The van der Waals surface area contributed by atoms with Crippen molar-refractivity contribution >= 4 is 11.7 Å². The first-order valence-corrected chi connectivity index (χ1v) is 3.86. The first kappa shape index (κ1) is 8.51. The molecule has 60 valence electrons. The van der Waals surface area contributed by atoms with Crippen LogP contribution in [-0.4, -0.2) is 15.4 Å². The van der Waals surface area contributed by atoms with Gasteiger partial charge in [0.25, 0.3) is 5.88 Å². The van der Waals surface area contributed by atoms with Gasteiger partial charge in [-0.2, -0.15) is 9.64 Å². The molecule has 12 heavy (non-hydrogen) atoms. The van der Waals surface area contributed by atoms with Crippen molar-refractivity contribution in [3.05, 3.63) is 5.69 Å². The summed E-state index contributed by atoms with van der Waals surface area (Å²) >= 11 is 0.953. The highest BCUT2D eigenvalue weighted by Crippen LogP contribution is 2.12. The average Bonchev–Trinajstić information content (AvgIpc) is 2.52. The van der Waals surface area contributed by atoms with E-state index < -0.39 is 0 Å². The molecule has 0 aliphatic carbocycles. The molecule has 0 saturated carbocycles. The third-order valence-corrected chi connectivity index (χ3v) is 1.53. The van der Waals surface area contributed by atoms with E-state index in [-0.39, 0.29) is 18.2 Å². The Labute approximate surface area is 74.1 Å². The van der Waals surface area contributed by atoms with E-state index in [1.165, 1.54) is 0 Å². The lowest BCUT2D eigenvalue weighted by Gasteiger charge is -1.93. The Kier molecular flexibility index (Phi) is 3.06. The molecule has 0 aliphatic heterocycles. The van der Waals surface area contributed by atoms with Crippen molar-refractivity contribution < 1.29 is 4.74 Å². The van der Waals surface area contributed by atoms with Crippen molar-refractivity contribution in [1.29, 1.82) is 5.26 Å². The lowest BCUT2D eigenvalue weighted by molar-refractivity contribution is 0.357. The number of nitriles is 1. The third-order valence-electron chi connectivity index (χ3n) is 1.02. The Morgan fingerprint density at radius 2 is 2.42 bits per heavy atom. The van der Waals surface area contributed by atoms with E-state index >= 15 is 0 Å². The molecule has 0 fully saturated rings. The summed E-state index contributed by atoms with van der Waals surface area (Å²) in [6, 6.07) is 1.87. The summed E-state index contributed by atoms with van der Waals surface area (Å²) in [5.74, 6) is 5.63. The van der Waals surface area contributed by atoms with Crippen molar-refractivity contribution in [1.82, 2.24) is 8.75 Å². The van der Waals surface area contributed by atoms with Crippen molar-refractivity contribution in [3.8, 4) is 23.8 Å². The van der Waals surface area contributed by atoms with Gasteiger partial charge in [-0.3, -0.25) is 0 Å². The molecule has 4 nitrogen and oxygen atoms in total. The monoisotopic (exact) mass is 179 g/mol. The summed E-state index contributed by atoms with van der Waals surface area (Å²) < 4.78 is 12.5. The number of aromatic nitrogens is 2. The SMILES string of the molecule is CC#CCOc1nsnc1C#N. The Bertz CT molecular complexity index is 355. The van der Waals surface area contributed by atoms with Crippen LogP contribution in [0.4, 0.5) is 0 Å². The molecule has 0 saturated heterocycles. The summed E-state index contributed by atoms with van der Waals surface area (Å²) in [7, 11) is 0. The van der Waals surface area contributed by atoms with Gasteiger partial charge in [0.05, 0.1) is 11.7 Å². The van der Waals surface area contributed by atoms with Crippen molar-refractivity contribution in [2.45, 2.75) is 6.92 Å². The van der Waals surface area contributed by atoms with Crippen molar-refractivity contribution in [3.63, 3.8) is 0 Å². The van der Waals surface area contributed by atoms with E-state index in [1.807, 2.05) is 6.07 Å². The lowest BCUT2D eigenvalue weighted by atomic mass is 10.5. The van der Waals surface area contributed by atoms with Crippen LogP contribution in [-0.2, 0) is 0 Å². The van der Waals surface area contributed by atoms with Crippen LogP contribution in [0, 0.1) is 23.2 Å². The van der Waals surface area contributed by atoms with E-state index in [9.17, 15) is 0 Å². The third kappa shape index (κ3) is 1.94. The van der Waals surface area contributed by atoms with Gasteiger partial charge in [0.2, 0.25) is 5.69 Å². The maximum atomic E-state index is 8.50. The van der Waals surface area contributed by atoms with Crippen LogP contribution >= 0.6 is 11.7 Å². The minimum Gasteiger partial charge on any atom is -0.462 e. The largest absolute Gasteiger partial charge is 0.462 e. The van der Waals surface area contributed by atoms with Gasteiger partial charge in [0, 0.05) is 0 Å². The molecule has 5 heteroatoms. The molecule has 0 aromatic carbocycles. The van der Waals surface area contributed by atoms with Gasteiger partial charge in [-0.15, -0.1) is 10.3 Å². The van der Waals surface area contributed by atoms with Crippen LogP contribution in [0.3, 0.4) is 0 Å². The zero-order valence-corrected chi connectivity index (χ0v) is 7.18. The summed E-state index contributed by atoms with van der Waals surface area (Å²) in [5.41, 5.74) is 0.220. The minimum absolute atomic E-state index is 0.220. The molecular formula is C7H5N3OS. The predicted molar refractivity (Wildman–Crippen MR) is 43.6 cm³/mol. The van der Waals surface area contributed by atoms with Crippen LogP contribution in [0.1, 0.15) is 12.6 Å². The summed E-state index contributed by atoms with van der Waals surface area (Å²) in [6.45, 7) is 1.96. The van der Waals surface area contributed by atoms with Crippen molar-refractivity contribution in [2.75, 3.05) is 6.61 Å². The zero-order chi connectivity index (χ0) is 8.81. The number of hydrogen-bond acceptors (Lipinski definition) is 5. The molecule has 0 N–H and O–H groups in total. The van der Waals surface area contributed by atoms with E-state index in [4.69, 9.17) is 10.00 Å². The summed E-state index contributed by atoms with van der Waals surface area (Å²) in [4.78, 5) is 0. The predicted octanol–water partition coefficient (Wildman–Crippen LogP) is 0.812. The minimum atomic E-state index is 0.220. The highest BCUT2D eigenvalue weighted by molar-refractivity contribution is 6.99. The Morgan fingerprint density at radius 3 is 3.08 bits per heavy atom. The van der Waals surface area contributed by atoms with Gasteiger partial charge in [-0.1, -0.05) is 5.92 Å². The van der Waals surface area contributed by atoms with Gasteiger partial charge < -0.3 is 4.74 Å². The molecule has 0 amide bonds. The maximum Gasteiger partial charge on any atom is 0.265 e. The van der Waals surface area contributed by atoms with Crippen molar-refractivity contribution in [2.24, 2.45) is 0 Å². The van der Waals surface area contributed by atoms with E-state index in [0.717, 1.165) is 11.7 Å². The topological polar surface area (TPSA) is 58.8 Å². The van der Waals surface area contributed by atoms with Crippen LogP contribution in [0.15, 0.2) is 0 Å². The first-order valence-electron chi connectivity index (χ1n) is 3.13. The second kappa shape index (κ2) is 4.32. The van der Waals surface area contributed by atoms with Gasteiger partial charge in [-0.25, -0.2) is 0 Å². The number of ether oxygens (including phenoxy) is 1. The van der Waals surface area contributed by atoms with Gasteiger partial charge >= 0.3 is 0 Å². The van der Waals surface area contributed by atoms with Gasteiger partial charge in [-0.05, 0) is 6.92 Å². The molecular weight excluding hydrogens is 174 g/mol. The Balaban J connectivity index is 2.61. The molecule has 1 aromatic rings. The van der Waals surface area contributed by atoms with E-state index in [0.29, 0.717) is 0 Å². The summed E-state index contributed by atoms with van der Waals surface area (Å²) in [6.07, 6.45) is 0. The number of rotatable bonds is 2. The highest BCUT2D eigenvalue weighted by atomic mass is 32.1. The van der Waals surface area contributed by atoms with Crippen LogP contribution in [0.25, 0.3) is 0 Å². The summed E-state index contributed by atoms with van der Waals surface area (Å²) in [5, 5.41) is 8.50. The highest BCUT2D eigenvalue weighted by Gasteiger charge is 2.06. The average molecular weight is 179 g/mol. The normalized spacial score (nSPS) is 8.00. The fourth-order valence-electron chi connectivity index (χ4n) is 0.520. The molecule has 0 aliphatic rings.